The highest BCUT2D eigenvalue weighted by Crippen LogP contribution is 2.16. The van der Waals surface area contributed by atoms with Crippen molar-refractivity contribution < 1.29 is 19.5 Å². The Kier molecular flexibility index (Phi) is 3.83. The van der Waals surface area contributed by atoms with Crippen molar-refractivity contribution in [2.75, 3.05) is 5.32 Å². The van der Waals surface area contributed by atoms with Crippen LogP contribution in [-0.2, 0) is 4.79 Å². The van der Waals surface area contributed by atoms with Crippen molar-refractivity contribution in [2.24, 2.45) is 5.73 Å². The van der Waals surface area contributed by atoms with Crippen LogP contribution in [0.5, 0.6) is 0 Å². The number of nitrogens with one attached hydrogen (secondary N) is 3. The first-order chi connectivity index (χ1) is 8.63. The van der Waals surface area contributed by atoms with Gasteiger partial charge in [-0.2, -0.15) is 0 Å². The van der Waals surface area contributed by atoms with Crippen LogP contribution in [0.1, 0.15) is 30.0 Å². The monoisotopic (exact) mass is 268 g/mol. The van der Waals surface area contributed by atoms with Crippen molar-refractivity contribution in [3.63, 3.8) is 0 Å². The highest BCUT2D eigenvalue weighted by atomic mass is 16.4. The van der Waals surface area contributed by atoms with E-state index in [1.807, 2.05) is 0 Å². The molecule has 0 aliphatic rings. The van der Waals surface area contributed by atoms with Gasteiger partial charge in [-0.25, -0.2) is 9.59 Å². The SMILES string of the molecule is Cc1cc(NC(=O)NC(C)(C)C(N)=O)c(C(=O)O)[nH]1. The van der Waals surface area contributed by atoms with Gasteiger partial charge in [0, 0.05) is 5.69 Å². The molecule has 1 aromatic heterocycles. The summed E-state index contributed by atoms with van der Waals surface area (Å²) in [6.07, 6.45) is 0. The first-order valence-corrected chi connectivity index (χ1v) is 5.45. The molecule has 0 aliphatic carbocycles. The summed E-state index contributed by atoms with van der Waals surface area (Å²) in [4.78, 5) is 36.3. The average molecular weight is 268 g/mol. The van der Waals surface area contributed by atoms with Gasteiger partial charge in [-0.1, -0.05) is 0 Å². The van der Waals surface area contributed by atoms with Crippen molar-refractivity contribution in [2.45, 2.75) is 26.3 Å². The maximum atomic E-state index is 11.7. The molecule has 3 amide bonds. The Hall–Kier alpha value is -2.51. The third kappa shape index (κ3) is 3.47. The molecule has 0 saturated heterocycles. The zero-order valence-electron chi connectivity index (χ0n) is 10.8. The van der Waals surface area contributed by atoms with Crippen molar-refractivity contribution in [1.82, 2.24) is 10.3 Å². The molecular weight excluding hydrogens is 252 g/mol. The standard InChI is InChI=1S/C11H16N4O4/c1-5-4-6(7(13-5)8(16)17)14-10(19)15-11(2,3)9(12)18/h4,13H,1-3H3,(H2,12,18)(H,16,17)(H2,14,15,19). The minimum atomic E-state index is -1.24. The molecule has 8 nitrogen and oxygen atoms in total. The van der Waals surface area contributed by atoms with Gasteiger partial charge in [0.05, 0.1) is 5.69 Å². The van der Waals surface area contributed by atoms with Gasteiger partial charge >= 0.3 is 12.0 Å². The number of carboxylic acid groups (broad SMARTS) is 1. The largest absolute Gasteiger partial charge is 0.477 e. The molecule has 104 valence electrons. The summed E-state index contributed by atoms with van der Waals surface area (Å²) in [6, 6.07) is 0.755. The zero-order chi connectivity index (χ0) is 14.8. The van der Waals surface area contributed by atoms with E-state index in [2.05, 4.69) is 15.6 Å². The van der Waals surface area contributed by atoms with Gasteiger partial charge in [-0.15, -0.1) is 0 Å². The Bertz CT molecular complexity index is 533. The molecule has 1 aromatic rings. The summed E-state index contributed by atoms with van der Waals surface area (Å²) < 4.78 is 0. The molecule has 0 aromatic carbocycles. The maximum absolute atomic E-state index is 11.7. The number of hydrogen-bond acceptors (Lipinski definition) is 3. The van der Waals surface area contributed by atoms with Gasteiger partial charge in [0.25, 0.3) is 0 Å². The highest BCUT2D eigenvalue weighted by molar-refractivity contribution is 6.00. The molecule has 6 N–H and O–H groups in total. The lowest BCUT2D eigenvalue weighted by atomic mass is 10.1. The minimum absolute atomic E-state index is 0.114. The van der Waals surface area contributed by atoms with Crippen molar-refractivity contribution >= 4 is 23.6 Å². The van der Waals surface area contributed by atoms with E-state index in [1.54, 1.807) is 6.92 Å². The number of anilines is 1. The third-order valence-electron chi connectivity index (χ3n) is 2.46. The van der Waals surface area contributed by atoms with E-state index in [-0.39, 0.29) is 11.4 Å². The molecule has 0 unspecified atom stereocenters. The number of urea groups is 1. The van der Waals surface area contributed by atoms with E-state index in [1.165, 1.54) is 19.9 Å². The van der Waals surface area contributed by atoms with Gasteiger partial charge in [0.15, 0.2) is 0 Å². The lowest BCUT2D eigenvalue weighted by Gasteiger charge is -2.22. The Balaban J connectivity index is 2.83. The molecule has 0 atom stereocenters. The molecule has 1 heterocycles. The number of amides is 3. The van der Waals surface area contributed by atoms with Crippen LogP contribution in [0.3, 0.4) is 0 Å². The summed E-state index contributed by atoms with van der Waals surface area (Å²) >= 11 is 0. The number of aromatic amines is 1. The Morgan fingerprint density at radius 3 is 2.42 bits per heavy atom. The first kappa shape index (κ1) is 14.6. The van der Waals surface area contributed by atoms with E-state index in [0.29, 0.717) is 5.69 Å². The first-order valence-electron chi connectivity index (χ1n) is 5.45. The lowest BCUT2D eigenvalue weighted by Crippen LogP contribution is -2.54. The number of carboxylic acids is 1. The van der Waals surface area contributed by atoms with E-state index in [9.17, 15) is 14.4 Å². The Labute approximate surface area is 109 Å². The molecule has 0 radical (unpaired) electrons. The zero-order valence-corrected chi connectivity index (χ0v) is 10.8. The number of H-pyrrole nitrogens is 1. The van der Waals surface area contributed by atoms with Crippen LogP contribution in [0.25, 0.3) is 0 Å². The van der Waals surface area contributed by atoms with E-state index >= 15 is 0 Å². The van der Waals surface area contributed by atoms with Crippen molar-refractivity contribution in [1.29, 1.82) is 0 Å². The van der Waals surface area contributed by atoms with E-state index < -0.39 is 23.4 Å². The quantitative estimate of drug-likeness (QED) is 0.539. The number of carbonyl (C=O) groups is 3. The fourth-order valence-corrected chi connectivity index (χ4v) is 1.36. The van der Waals surface area contributed by atoms with E-state index in [0.717, 1.165) is 0 Å². The molecule has 0 spiro atoms. The maximum Gasteiger partial charge on any atom is 0.354 e. The molecule has 0 bridgehead atoms. The second kappa shape index (κ2) is 5.01. The number of aryl methyl sites for hydroxylation is 1. The van der Waals surface area contributed by atoms with E-state index in [4.69, 9.17) is 10.8 Å². The number of aromatic nitrogens is 1. The lowest BCUT2D eigenvalue weighted by molar-refractivity contribution is -0.122. The predicted octanol–water partition coefficient (Wildman–Crippen LogP) is 0.407. The predicted molar refractivity (Wildman–Crippen MR) is 67.9 cm³/mol. The van der Waals surface area contributed by atoms with Gasteiger partial charge in [-0.05, 0) is 26.8 Å². The van der Waals surface area contributed by atoms with Crippen LogP contribution < -0.4 is 16.4 Å². The molecule has 0 fully saturated rings. The molecule has 19 heavy (non-hydrogen) atoms. The number of carbonyl (C=O) groups excluding carboxylic acids is 2. The van der Waals surface area contributed by atoms with Crippen LogP contribution in [0.4, 0.5) is 10.5 Å². The summed E-state index contributed by atoms with van der Waals surface area (Å²) in [5.41, 5.74) is 4.44. The number of hydrogen-bond donors (Lipinski definition) is 5. The number of nitrogens with two attached hydrogens (primary N) is 1. The number of rotatable bonds is 4. The Morgan fingerprint density at radius 1 is 1.37 bits per heavy atom. The molecule has 8 heteroatoms. The van der Waals surface area contributed by atoms with Gasteiger partial charge in [0.2, 0.25) is 5.91 Å². The van der Waals surface area contributed by atoms with Gasteiger partial charge in [-0.3, -0.25) is 4.79 Å². The highest BCUT2D eigenvalue weighted by Gasteiger charge is 2.27. The van der Waals surface area contributed by atoms with Crippen LogP contribution in [-0.4, -0.2) is 33.5 Å². The molecule has 1 rings (SSSR count). The van der Waals surface area contributed by atoms with Crippen molar-refractivity contribution in [3.05, 3.63) is 17.5 Å². The summed E-state index contributed by atoms with van der Waals surface area (Å²) in [5, 5.41) is 13.6. The van der Waals surface area contributed by atoms with Crippen LogP contribution >= 0.6 is 0 Å². The average Bonchev–Trinajstić information content (AvgIpc) is 2.58. The second-order valence-electron chi connectivity index (χ2n) is 4.61. The fraction of sp³-hybridized carbons (Fsp3) is 0.364. The summed E-state index contributed by atoms with van der Waals surface area (Å²) in [7, 11) is 0. The smallest absolute Gasteiger partial charge is 0.354 e. The molecular formula is C11H16N4O4. The minimum Gasteiger partial charge on any atom is -0.477 e. The van der Waals surface area contributed by atoms with Gasteiger partial charge < -0.3 is 26.5 Å². The van der Waals surface area contributed by atoms with Gasteiger partial charge in [0.1, 0.15) is 11.2 Å². The summed E-state index contributed by atoms with van der Waals surface area (Å²) in [6.45, 7) is 4.54. The fourth-order valence-electron chi connectivity index (χ4n) is 1.36. The topological polar surface area (TPSA) is 137 Å². The van der Waals surface area contributed by atoms with Crippen LogP contribution in [0.2, 0.25) is 0 Å². The van der Waals surface area contributed by atoms with Crippen molar-refractivity contribution in [3.8, 4) is 0 Å². The second-order valence-corrected chi connectivity index (χ2v) is 4.61. The normalized spacial score (nSPS) is 10.9. The molecule has 0 saturated carbocycles. The molecule has 0 aliphatic heterocycles. The third-order valence-corrected chi connectivity index (χ3v) is 2.46. The van der Waals surface area contributed by atoms with Crippen LogP contribution in [0.15, 0.2) is 6.07 Å². The number of primary amides is 1. The van der Waals surface area contributed by atoms with Crippen LogP contribution in [0, 0.1) is 6.92 Å². The number of aromatic carboxylic acids is 1. The summed E-state index contributed by atoms with van der Waals surface area (Å²) in [5.74, 6) is -1.90. The Morgan fingerprint density at radius 2 is 1.95 bits per heavy atom.